The number of hydrogen-bond acceptors (Lipinski definition) is 2. The summed E-state index contributed by atoms with van der Waals surface area (Å²) in [6.07, 6.45) is 10.1. The summed E-state index contributed by atoms with van der Waals surface area (Å²) in [4.78, 5) is 1.26. The highest BCUT2D eigenvalue weighted by atomic mass is 32.2. The van der Waals surface area contributed by atoms with Gasteiger partial charge in [0.2, 0.25) is 8.32 Å². The standard InChI is InChI=1S/C18H30OSSi/c1-5-6-7-8-9-13-16-18(19-21(2,3)4)20-17-14-11-10-12-15-17/h10-12,14-16H,5-9,13H2,1-4H3/b18-16+. The Morgan fingerprint density at radius 1 is 1.05 bits per heavy atom. The first-order chi connectivity index (χ1) is 10.0. The maximum Gasteiger partial charge on any atom is 0.242 e. The predicted octanol–water partition coefficient (Wildman–Crippen LogP) is 6.83. The van der Waals surface area contributed by atoms with Gasteiger partial charge in [-0.3, -0.25) is 0 Å². The summed E-state index contributed by atoms with van der Waals surface area (Å²) in [5, 5.41) is 1.09. The SMILES string of the molecule is CCCCCCC/C=C(\O[Si](C)(C)C)Sc1ccccc1. The Balaban J connectivity index is 2.51. The number of unbranched alkanes of at least 4 members (excludes halogenated alkanes) is 5. The average Bonchev–Trinajstić information content (AvgIpc) is 2.42. The molecule has 1 aromatic carbocycles. The molecule has 3 heteroatoms. The van der Waals surface area contributed by atoms with Crippen LogP contribution in [0.2, 0.25) is 19.6 Å². The van der Waals surface area contributed by atoms with Gasteiger partial charge in [-0.25, -0.2) is 0 Å². The Morgan fingerprint density at radius 3 is 2.33 bits per heavy atom. The first-order valence-electron chi connectivity index (χ1n) is 8.13. The lowest BCUT2D eigenvalue weighted by Crippen LogP contribution is -2.24. The molecule has 0 bridgehead atoms. The third-order valence-corrected chi connectivity index (χ3v) is 4.93. The van der Waals surface area contributed by atoms with Crippen LogP contribution in [0.1, 0.15) is 45.4 Å². The van der Waals surface area contributed by atoms with Gasteiger partial charge in [-0.15, -0.1) is 0 Å². The van der Waals surface area contributed by atoms with E-state index < -0.39 is 8.32 Å². The number of hydrogen-bond donors (Lipinski definition) is 0. The van der Waals surface area contributed by atoms with Gasteiger partial charge in [0, 0.05) is 4.90 Å². The zero-order chi connectivity index (χ0) is 15.6. The normalized spacial score (nSPS) is 12.5. The van der Waals surface area contributed by atoms with Crippen LogP contribution >= 0.6 is 11.8 Å². The van der Waals surface area contributed by atoms with Crippen molar-refractivity contribution in [2.75, 3.05) is 0 Å². The molecule has 0 radical (unpaired) electrons. The first-order valence-corrected chi connectivity index (χ1v) is 12.4. The third kappa shape index (κ3) is 9.80. The van der Waals surface area contributed by atoms with Crippen molar-refractivity contribution in [3.8, 4) is 0 Å². The number of thioether (sulfide) groups is 1. The van der Waals surface area contributed by atoms with E-state index in [-0.39, 0.29) is 0 Å². The topological polar surface area (TPSA) is 9.23 Å². The highest BCUT2D eigenvalue weighted by molar-refractivity contribution is 8.03. The van der Waals surface area contributed by atoms with Crippen molar-refractivity contribution < 1.29 is 4.43 Å². The van der Waals surface area contributed by atoms with Crippen LogP contribution in [0.5, 0.6) is 0 Å². The van der Waals surface area contributed by atoms with Crippen LogP contribution in [0.4, 0.5) is 0 Å². The van der Waals surface area contributed by atoms with Crippen LogP contribution in [-0.2, 0) is 4.43 Å². The lowest BCUT2D eigenvalue weighted by Gasteiger charge is -2.21. The minimum Gasteiger partial charge on any atom is -0.540 e. The van der Waals surface area contributed by atoms with E-state index in [1.54, 1.807) is 11.8 Å². The van der Waals surface area contributed by atoms with Crippen LogP contribution in [0.15, 0.2) is 46.4 Å². The van der Waals surface area contributed by atoms with Gasteiger partial charge in [0.25, 0.3) is 0 Å². The Hall–Kier alpha value is -0.673. The lowest BCUT2D eigenvalue weighted by molar-refractivity contribution is 0.460. The van der Waals surface area contributed by atoms with Gasteiger partial charge in [-0.05, 0) is 50.7 Å². The van der Waals surface area contributed by atoms with E-state index in [0.29, 0.717) is 0 Å². The summed E-state index contributed by atoms with van der Waals surface area (Å²) in [6.45, 7) is 8.99. The molecule has 21 heavy (non-hydrogen) atoms. The monoisotopic (exact) mass is 322 g/mol. The average molecular weight is 323 g/mol. The molecular weight excluding hydrogens is 292 g/mol. The van der Waals surface area contributed by atoms with E-state index in [9.17, 15) is 0 Å². The van der Waals surface area contributed by atoms with Gasteiger partial charge >= 0.3 is 0 Å². The van der Waals surface area contributed by atoms with Crippen LogP contribution < -0.4 is 0 Å². The maximum atomic E-state index is 6.23. The largest absolute Gasteiger partial charge is 0.540 e. The number of benzene rings is 1. The van der Waals surface area contributed by atoms with E-state index in [4.69, 9.17) is 4.43 Å². The molecule has 0 aliphatic heterocycles. The molecule has 1 rings (SSSR count). The predicted molar refractivity (Wildman–Crippen MR) is 98.2 cm³/mol. The minimum absolute atomic E-state index is 1.09. The molecule has 0 saturated carbocycles. The summed E-state index contributed by atoms with van der Waals surface area (Å²) in [7, 11) is -1.54. The molecule has 0 spiro atoms. The van der Waals surface area contributed by atoms with Gasteiger partial charge in [-0.2, -0.15) is 0 Å². The number of rotatable bonds is 10. The molecule has 1 aromatic rings. The van der Waals surface area contributed by atoms with Crippen LogP contribution in [-0.4, -0.2) is 8.32 Å². The third-order valence-electron chi connectivity index (χ3n) is 2.99. The second-order valence-corrected chi connectivity index (χ2v) is 11.9. The summed E-state index contributed by atoms with van der Waals surface area (Å²) in [6, 6.07) is 10.5. The fourth-order valence-corrected chi connectivity index (χ4v) is 4.31. The van der Waals surface area contributed by atoms with E-state index in [0.717, 1.165) is 11.5 Å². The van der Waals surface area contributed by atoms with Gasteiger partial charge in [0.15, 0.2) is 0 Å². The maximum absolute atomic E-state index is 6.23. The van der Waals surface area contributed by atoms with Gasteiger partial charge in [0.1, 0.15) is 5.09 Å². The summed E-state index contributed by atoms with van der Waals surface area (Å²) < 4.78 is 6.23. The van der Waals surface area contributed by atoms with Crippen molar-refractivity contribution in [1.82, 2.24) is 0 Å². The minimum atomic E-state index is -1.54. The summed E-state index contributed by atoms with van der Waals surface area (Å²) >= 11 is 1.76. The molecule has 118 valence electrons. The van der Waals surface area contributed by atoms with Crippen LogP contribution in [0, 0.1) is 0 Å². The van der Waals surface area contributed by atoms with Crippen molar-refractivity contribution in [3.63, 3.8) is 0 Å². The molecule has 0 aliphatic rings. The second kappa shape index (κ2) is 10.1. The Kier molecular flexibility index (Phi) is 8.86. The Labute approximate surface area is 136 Å². The van der Waals surface area contributed by atoms with E-state index in [1.165, 1.54) is 37.0 Å². The molecule has 0 N–H and O–H groups in total. The van der Waals surface area contributed by atoms with Crippen molar-refractivity contribution >= 4 is 20.1 Å². The van der Waals surface area contributed by atoms with Crippen LogP contribution in [0.3, 0.4) is 0 Å². The highest BCUT2D eigenvalue weighted by Gasteiger charge is 2.18. The fourth-order valence-electron chi connectivity index (χ4n) is 1.98. The highest BCUT2D eigenvalue weighted by Crippen LogP contribution is 2.30. The lowest BCUT2D eigenvalue weighted by atomic mass is 10.1. The van der Waals surface area contributed by atoms with Crippen molar-refractivity contribution in [2.24, 2.45) is 0 Å². The molecule has 0 atom stereocenters. The molecule has 0 fully saturated rings. The Morgan fingerprint density at radius 2 is 1.71 bits per heavy atom. The first kappa shape index (κ1) is 18.4. The smallest absolute Gasteiger partial charge is 0.242 e. The van der Waals surface area contributed by atoms with Gasteiger partial charge in [-0.1, -0.05) is 62.6 Å². The van der Waals surface area contributed by atoms with E-state index in [2.05, 4.69) is 63.0 Å². The fraction of sp³-hybridized carbons (Fsp3) is 0.556. The van der Waals surface area contributed by atoms with Gasteiger partial charge in [0.05, 0.1) is 0 Å². The molecule has 0 heterocycles. The molecule has 0 amide bonds. The van der Waals surface area contributed by atoms with Crippen molar-refractivity contribution in [3.05, 3.63) is 41.5 Å². The van der Waals surface area contributed by atoms with E-state index >= 15 is 0 Å². The van der Waals surface area contributed by atoms with Crippen molar-refractivity contribution in [2.45, 2.75) is 70.0 Å². The zero-order valence-corrected chi connectivity index (χ0v) is 15.8. The zero-order valence-electron chi connectivity index (χ0n) is 14.0. The summed E-state index contributed by atoms with van der Waals surface area (Å²) in [5.74, 6) is 0. The van der Waals surface area contributed by atoms with Crippen molar-refractivity contribution in [1.29, 1.82) is 0 Å². The molecular formula is C18H30OSSi. The Bertz CT molecular complexity index is 409. The van der Waals surface area contributed by atoms with Gasteiger partial charge < -0.3 is 4.43 Å². The second-order valence-electron chi connectivity index (χ2n) is 6.36. The molecule has 0 aliphatic carbocycles. The molecule has 0 saturated heterocycles. The quantitative estimate of drug-likeness (QED) is 0.202. The van der Waals surface area contributed by atoms with E-state index in [1.807, 2.05) is 0 Å². The molecule has 0 unspecified atom stereocenters. The summed E-state index contributed by atoms with van der Waals surface area (Å²) in [5.41, 5.74) is 0. The number of allylic oxidation sites excluding steroid dienone is 1. The van der Waals surface area contributed by atoms with Crippen LogP contribution in [0.25, 0.3) is 0 Å². The molecule has 0 aromatic heterocycles. The molecule has 1 nitrogen and oxygen atoms in total.